The summed E-state index contributed by atoms with van der Waals surface area (Å²) in [7, 11) is 1.58. The number of hydrogen-bond donors (Lipinski definition) is 1. The van der Waals surface area contributed by atoms with E-state index < -0.39 is 5.97 Å². The van der Waals surface area contributed by atoms with E-state index in [0.29, 0.717) is 17.6 Å². The number of aliphatic carboxylic acids is 1. The number of amides is 1. The SMILES string of the molecule is COc1ccc(/C=C(/CC(=O)N2CC3CCCCC3C2)C(=O)O)cc1. The fourth-order valence-electron chi connectivity index (χ4n) is 3.97. The maximum atomic E-state index is 12.6. The first-order valence-electron chi connectivity index (χ1n) is 8.92. The van der Waals surface area contributed by atoms with Crippen molar-refractivity contribution in [1.82, 2.24) is 4.90 Å². The normalized spacial score (nSPS) is 23.2. The van der Waals surface area contributed by atoms with E-state index in [1.165, 1.54) is 25.7 Å². The topological polar surface area (TPSA) is 66.8 Å². The lowest BCUT2D eigenvalue weighted by Gasteiger charge is -2.22. The maximum absolute atomic E-state index is 12.6. The van der Waals surface area contributed by atoms with Crippen LogP contribution in [0.5, 0.6) is 5.75 Å². The van der Waals surface area contributed by atoms with Gasteiger partial charge in [0.05, 0.1) is 13.5 Å². The lowest BCUT2D eigenvalue weighted by atomic mass is 9.82. The number of ether oxygens (including phenoxy) is 1. The van der Waals surface area contributed by atoms with Crippen molar-refractivity contribution in [2.45, 2.75) is 32.1 Å². The molecule has 0 aromatic heterocycles. The second-order valence-electron chi connectivity index (χ2n) is 7.03. The lowest BCUT2D eigenvalue weighted by Crippen LogP contribution is -2.29. The second kappa shape index (κ2) is 7.72. The van der Waals surface area contributed by atoms with Crippen molar-refractivity contribution in [2.24, 2.45) is 11.8 Å². The van der Waals surface area contributed by atoms with Crippen molar-refractivity contribution in [3.8, 4) is 5.75 Å². The van der Waals surface area contributed by atoms with E-state index in [2.05, 4.69) is 0 Å². The van der Waals surface area contributed by atoms with Gasteiger partial charge in [-0.25, -0.2) is 4.79 Å². The summed E-state index contributed by atoms with van der Waals surface area (Å²) in [5.74, 6) is 0.815. The predicted molar refractivity (Wildman–Crippen MR) is 95.3 cm³/mol. The van der Waals surface area contributed by atoms with Crippen molar-refractivity contribution in [3.05, 3.63) is 35.4 Å². The molecule has 2 atom stereocenters. The zero-order valence-electron chi connectivity index (χ0n) is 14.6. The van der Waals surface area contributed by atoms with Crippen LogP contribution >= 0.6 is 0 Å². The number of hydrogen-bond acceptors (Lipinski definition) is 3. The van der Waals surface area contributed by atoms with Crippen molar-refractivity contribution >= 4 is 18.0 Å². The van der Waals surface area contributed by atoms with Crippen molar-refractivity contribution in [2.75, 3.05) is 20.2 Å². The third-order valence-electron chi connectivity index (χ3n) is 5.40. The molecule has 1 N–H and O–H groups in total. The van der Waals surface area contributed by atoms with Gasteiger partial charge in [-0.1, -0.05) is 25.0 Å². The number of carboxylic acid groups (broad SMARTS) is 1. The Morgan fingerprint density at radius 2 is 1.76 bits per heavy atom. The molecule has 5 heteroatoms. The summed E-state index contributed by atoms with van der Waals surface area (Å²) in [4.78, 5) is 26.0. The summed E-state index contributed by atoms with van der Waals surface area (Å²) in [5.41, 5.74) is 0.881. The smallest absolute Gasteiger partial charge is 0.332 e. The molecule has 2 unspecified atom stereocenters. The molecule has 0 radical (unpaired) electrons. The van der Waals surface area contributed by atoms with Gasteiger partial charge in [-0.3, -0.25) is 4.79 Å². The standard InChI is InChI=1S/C20H25NO4/c1-25-18-8-6-14(7-9-18)10-17(20(23)24)11-19(22)21-12-15-4-2-3-5-16(15)13-21/h6-10,15-16H,2-5,11-13H2,1H3,(H,23,24)/b17-10-. The Balaban J connectivity index is 1.67. The molecular weight excluding hydrogens is 318 g/mol. The minimum absolute atomic E-state index is 0.0548. The van der Waals surface area contributed by atoms with Crippen LogP contribution in [0.1, 0.15) is 37.7 Å². The Kier molecular flexibility index (Phi) is 5.41. The van der Waals surface area contributed by atoms with Crippen molar-refractivity contribution < 1.29 is 19.4 Å². The van der Waals surface area contributed by atoms with Crippen LogP contribution in [0, 0.1) is 11.8 Å². The highest BCUT2D eigenvalue weighted by atomic mass is 16.5. The molecule has 25 heavy (non-hydrogen) atoms. The second-order valence-corrected chi connectivity index (χ2v) is 7.03. The number of fused-ring (bicyclic) bond motifs is 1. The van der Waals surface area contributed by atoms with E-state index in [4.69, 9.17) is 4.74 Å². The van der Waals surface area contributed by atoms with Crippen LogP contribution in [0.4, 0.5) is 0 Å². The molecule has 1 amide bonds. The molecule has 3 rings (SSSR count). The number of nitrogens with zero attached hydrogens (tertiary/aromatic N) is 1. The van der Waals surface area contributed by atoms with Crippen LogP contribution in [0.2, 0.25) is 0 Å². The van der Waals surface area contributed by atoms with E-state index in [-0.39, 0.29) is 17.9 Å². The van der Waals surface area contributed by atoms with Gasteiger partial charge in [0.25, 0.3) is 0 Å². The van der Waals surface area contributed by atoms with Gasteiger partial charge in [-0.15, -0.1) is 0 Å². The third kappa shape index (κ3) is 4.21. The van der Waals surface area contributed by atoms with Crippen molar-refractivity contribution in [1.29, 1.82) is 0 Å². The van der Waals surface area contributed by atoms with E-state index in [1.807, 2.05) is 4.90 Å². The fraction of sp³-hybridized carbons (Fsp3) is 0.500. The molecule has 1 aromatic carbocycles. The highest BCUT2D eigenvalue weighted by Gasteiger charge is 2.36. The molecule has 1 saturated carbocycles. The van der Waals surface area contributed by atoms with Gasteiger partial charge in [0.15, 0.2) is 0 Å². The number of carbonyl (C=O) groups excluding carboxylic acids is 1. The molecule has 0 bridgehead atoms. The first-order chi connectivity index (χ1) is 12.1. The number of carbonyl (C=O) groups is 2. The Morgan fingerprint density at radius 1 is 1.16 bits per heavy atom. The molecule has 1 heterocycles. The number of carboxylic acids is 1. The van der Waals surface area contributed by atoms with E-state index in [1.54, 1.807) is 37.5 Å². The molecule has 134 valence electrons. The minimum atomic E-state index is -1.04. The van der Waals surface area contributed by atoms with E-state index in [0.717, 1.165) is 18.7 Å². The quantitative estimate of drug-likeness (QED) is 0.834. The fourth-order valence-corrected chi connectivity index (χ4v) is 3.97. The summed E-state index contributed by atoms with van der Waals surface area (Å²) in [6, 6.07) is 7.13. The van der Waals surface area contributed by atoms with Crippen LogP contribution in [0.25, 0.3) is 6.08 Å². The van der Waals surface area contributed by atoms with Gasteiger partial charge in [0, 0.05) is 18.7 Å². The summed E-state index contributed by atoms with van der Waals surface area (Å²) < 4.78 is 5.10. The first kappa shape index (κ1) is 17.5. The van der Waals surface area contributed by atoms with Crippen LogP contribution in [0.3, 0.4) is 0 Å². The molecular formula is C20H25NO4. The third-order valence-corrected chi connectivity index (χ3v) is 5.40. The summed E-state index contributed by atoms with van der Waals surface area (Å²) >= 11 is 0. The molecule has 2 fully saturated rings. The zero-order chi connectivity index (χ0) is 17.8. The van der Waals surface area contributed by atoms with E-state index >= 15 is 0 Å². The Bertz CT molecular complexity index is 651. The zero-order valence-corrected chi connectivity index (χ0v) is 14.6. The van der Waals surface area contributed by atoms with Gasteiger partial charge >= 0.3 is 5.97 Å². The molecule has 5 nitrogen and oxygen atoms in total. The van der Waals surface area contributed by atoms with E-state index in [9.17, 15) is 14.7 Å². The van der Waals surface area contributed by atoms with Gasteiger partial charge < -0.3 is 14.7 Å². The highest BCUT2D eigenvalue weighted by Crippen LogP contribution is 2.36. The molecule has 2 aliphatic rings. The molecule has 1 aromatic rings. The molecule has 1 aliphatic heterocycles. The Morgan fingerprint density at radius 3 is 2.28 bits per heavy atom. The molecule has 1 aliphatic carbocycles. The van der Waals surface area contributed by atoms with Crippen LogP contribution in [0.15, 0.2) is 29.8 Å². The van der Waals surface area contributed by atoms with Crippen LogP contribution in [-0.2, 0) is 9.59 Å². The highest BCUT2D eigenvalue weighted by molar-refractivity contribution is 5.98. The lowest BCUT2D eigenvalue weighted by molar-refractivity contribution is -0.136. The number of rotatable bonds is 5. The largest absolute Gasteiger partial charge is 0.497 e. The predicted octanol–water partition coefficient (Wildman–Crippen LogP) is 3.20. The minimum Gasteiger partial charge on any atom is -0.497 e. The van der Waals surface area contributed by atoms with Gasteiger partial charge in [0.1, 0.15) is 5.75 Å². The number of benzene rings is 1. The van der Waals surface area contributed by atoms with Crippen LogP contribution < -0.4 is 4.74 Å². The average Bonchev–Trinajstić information content (AvgIpc) is 3.06. The average molecular weight is 343 g/mol. The Labute approximate surface area is 148 Å². The Hall–Kier alpha value is -2.30. The van der Waals surface area contributed by atoms with Gasteiger partial charge in [-0.05, 0) is 48.4 Å². The summed E-state index contributed by atoms with van der Waals surface area (Å²) in [5, 5.41) is 9.47. The number of likely N-dealkylation sites (tertiary alicyclic amines) is 1. The summed E-state index contributed by atoms with van der Waals surface area (Å²) in [6.07, 6.45) is 6.41. The number of methoxy groups -OCH3 is 1. The first-order valence-corrected chi connectivity index (χ1v) is 8.92. The molecule has 0 spiro atoms. The summed E-state index contributed by atoms with van der Waals surface area (Å²) in [6.45, 7) is 1.58. The van der Waals surface area contributed by atoms with Gasteiger partial charge in [0.2, 0.25) is 5.91 Å². The monoisotopic (exact) mass is 343 g/mol. The van der Waals surface area contributed by atoms with Crippen LogP contribution in [-0.4, -0.2) is 42.1 Å². The van der Waals surface area contributed by atoms with Crippen molar-refractivity contribution in [3.63, 3.8) is 0 Å². The van der Waals surface area contributed by atoms with Gasteiger partial charge in [-0.2, -0.15) is 0 Å². The molecule has 1 saturated heterocycles. The maximum Gasteiger partial charge on any atom is 0.332 e.